The van der Waals surface area contributed by atoms with Gasteiger partial charge in [-0.2, -0.15) is 5.06 Å². The second-order valence-electron chi connectivity index (χ2n) is 3.77. The van der Waals surface area contributed by atoms with Gasteiger partial charge in [-0.3, -0.25) is 4.84 Å². The zero-order chi connectivity index (χ0) is 13.2. The number of hydrogen-bond acceptors (Lipinski definition) is 4. The third kappa shape index (κ3) is 11.0. The molecular weight excluding hydrogens is 210 g/mol. The smallest absolute Gasteiger partial charge is 0.434 e. The van der Waals surface area contributed by atoms with Crippen LogP contribution in [0.15, 0.2) is 0 Å². The molecule has 0 unspecified atom stereocenters. The van der Waals surface area contributed by atoms with Crippen LogP contribution in [0.5, 0.6) is 0 Å². The van der Waals surface area contributed by atoms with E-state index in [1.54, 1.807) is 20.8 Å². The minimum absolute atomic E-state index is 0.180. The predicted octanol–water partition coefficient (Wildman–Crippen LogP) is 2.40. The molecule has 0 aliphatic carbocycles. The van der Waals surface area contributed by atoms with E-state index in [9.17, 15) is 9.59 Å². The molecule has 0 radical (unpaired) electrons. The second kappa shape index (κ2) is 9.15. The Kier molecular flexibility index (Phi) is 9.89. The lowest BCUT2D eigenvalue weighted by molar-refractivity contribution is -0.135. The number of carbonyl (C=O) groups is 2. The molecule has 0 aromatic rings. The molecular formula is C11H23NO4. The maximum absolute atomic E-state index is 11.2. The van der Waals surface area contributed by atoms with Crippen molar-refractivity contribution in [3.63, 3.8) is 0 Å². The number of hydrogen-bond donors (Lipinski definition) is 0. The summed E-state index contributed by atoms with van der Waals surface area (Å²) in [4.78, 5) is 26.1. The fraction of sp³-hybridized carbons (Fsp3) is 0.818. The van der Waals surface area contributed by atoms with E-state index in [0.29, 0.717) is 0 Å². The Bertz CT molecular complexity index is 199. The van der Waals surface area contributed by atoms with E-state index >= 15 is 0 Å². The molecule has 0 atom stereocenters. The molecule has 0 spiro atoms. The minimum Gasteiger partial charge on any atom is -0.442 e. The van der Waals surface area contributed by atoms with E-state index in [2.05, 4.69) is 0 Å². The topological polar surface area (TPSA) is 55.8 Å². The standard InChI is InChI=1S/C9H17NO4.C2H6/c1-9(2,3)14-8(12)10(4)13-7-5-6-11;1-2/h6H,5,7H2,1-4H3;1-2H3. The van der Waals surface area contributed by atoms with Gasteiger partial charge in [-0.15, -0.1) is 0 Å². The molecule has 0 bridgehead atoms. The lowest BCUT2D eigenvalue weighted by Crippen LogP contribution is -2.34. The minimum atomic E-state index is -0.566. The van der Waals surface area contributed by atoms with Crippen molar-refractivity contribution in [1.82, 2.24) is 5.06 Å². The summed E-state index contributed by atoms with van der Waals surface area (Å²) in [6, 6.07) is 0. The van der Waals surface area contributed by atoms with Crippen LogP contribution >= 0.6 is 0 Å². The largest absolute Gasteiger partial charge is 0.442 e. The molecule has 16 heavy (non-hydrogen) atoms. The molecule has 0 fully saturated rings. The van der Waals surface area contributed by atoms with Crippen molar-refractivity contribution in [1.29, 1.82) is 0 Å². The molecule has 5 heteroatoms. The van der Waals surface area contributed by atoms with Gasteiger partial charge in [0.1, 0.15) is 11.9 Å². The van der Waals surface area contributed by atoms with E-state index in [-0.39, 0.29) is 13.0 Å². The first-order chi connectivity index (χ1) is 7.37. The number of hydroxylamine groups is 2. The van der Waals surface area contributed by atoms with Gasteiger partial charge in [0.05, 0.1) is 6.61 Å². The Balaban J connectivity index is 0. The van der Waals surface area contributed by atoms with E-state index < -0.39 is 11.7 Å². The summed E-state index contributed by atoms with van der Waals surface area (Å²) < 4.78 is 5.00. The summed E-state index contributed by atoms with van der Waals surface area (Å²) >= 11 is 0. The van der Waals surface area contributed by atoms with Gasteiger partial charge in [0.15, 0.2) is 0 Å². The molecule has 0 rings (SSSR count). The van der Waals surface area contributed by atoms with Crippen LogP contribution in [0.1, 0.15) is 41.0 Å². The maximum Gasteiger partial charge on any atom is 0.434 e. The molecule has 0 heterocycles. The van der Waals surface area contributed by atoms with Gasteiger partial charge < -0.3 is 9.53 Å². The van der Waals surface area contributed by atoms with E-state index in [0.717, 1.165) is 11.3 Å². The molecule has 0 N–H and O–H groups in total. The van der Waals surface area contributed by atoms with Crippen LogP contribution in [0.25, 0.3) is 0 Å². The van der Waals surface area contributed by atoms with Crippen molar-refractivity contribution in [3.05, 3.63) is 0 Å². The second-order valence-corrected chi connectivity index (χ2v) is 3.77. The van der Waals surface area contributed by atoms with Gasteiger partial charge in [-0.1, -0.05) is 13.8 Å². The molecule has 0 saturated heterocycles. The van der Waals surface area contributed by atoms with Gasteiger partial charge in [-0.25, -0.2) is 4.79 Å². The summed E-state index contributed by atoms with van der Waals surface area (Å²) in [7, 11) is 1.44. The highest BCUT2D eigenvalue weighted by atomic mass is 16.7. The molecule has 0 aromatic heterocycles. The fourth-order valence-corrected chi connectivity index (χ4v) is 0.617. The Morgan fingerprint density at radius 3 is 2.19 bits per heavy atom. The average Bonchev–Trinajstić information content (AvgIpc) is 2.18. The van der Waals surface area contributed by atoms with Crippen LogP contribution in [0.3, 0.4) is 0 Å². The van der Waals surface area contributed by atoms with Crippen LogP contribution in [0, 0.1) is 0 Å². The zero-order valence-corrected chi connectivity index (χ0v) is 11.1. The van der Waals surface area contributed by atoms with Crippen LogP contribution < -0.4 is 0 Å². The SMILES string of the molecule is CC.CN(OCCC=O)C(=O)OC(C)(C)C. The van der Waals surface area contributed by atoms with Gasteiger partial charge in [0.2, 0.25) is 0 Å². The summed E-state index contributed by atoms with van der Waals surface area (Å²) in [5.74, 6) is 0. The van der Waals surface area contributed by atoms with E-state index in [4.69, 9.17) is 9.57 Å². The van der Waals surface area contributed by atoms with Crippen molar-refractivity contribution in [2.24, 2.45) is 0 Å². The average molecular weight is 233 g/mol. The highest BCUT2D eigenvalue weighted by Gasteiger charge is 2.19. The number of aldehydes is 1. The van der Waals surface area contributed by atoms with Gasteiger partial charge in [0, 0.05) is 13.5 Å². The number of ether oxygens (including phenoxy) is 1. The summed E-state index contributed by atoms with van der Waals surface area (Å²) in [5, 5.41) is 0.981. The first-order valence-corrected chi connectivity index (χ1v) is 5.40. The van der Waals surface area contributed by atoms with Crippen molar-refractivity contribution < 1.29 is 19.2 Å². The summed E-state index contributed by atoms with van der Waals surface area (Å²) in [6.45, 7) is 9.48. The fourth-order valence-electron chi connectivity index (χ4n) is 0.617. The number of amides is 1. The van der Waals surface area contributed by atoms with Crippen molar-refractivity contribution in [3.8, 4) is 0 Å². The monoisotopic (exact) mass is 233 g/mol. The molecule has 0 saturated carbocycles. The summed E-state index contributed by atoms with van der Waals surface area (Å²) in [5.41, 5.74) is -0.542. The summed E-state index contributed by atoms with van der Waals surface area (Å²) in [6.07, 6.45) is 0.416. The Hall–Kier alpha value is -1.10. The zero-order valence-electron chi connectivity index (χ0n) is 11.1. The van der Waals surface area contributed by atoms with Crippen molar-refractivity contribution in [2.45, 2.75) is 46.6 Å². The normalized spacial score (nSPS) is 9.88. The molecule has 1 amide bonds. The van der Waals surface area contributed by atoms with Gasteiger partial charge in [0.25, 0.3) is 0 Å². The van der Waals surface area contributed by atoms with Crippen LogP contribution in [0.4, 0.5) is 4.79 Å². The van der Waals surface area contributed by atoms with Gasteiger partial charge in [-0.05, 0) is 20.8 Å². The molecule has 0 aromatic carbocycles. The lowest BCUT2D eigenvalue weighted by atomic mass is 10.2. The van der Waals surface area contributed by atoms with Crippen molar-refractivity contribution in [2.75, 3.05) is 13.7 Å². The third-order valence-corrected chi connectivity index (χ3v) is 1.17. The van der Waals surface area contributed by atoms with Crippen LogP contribution in [-0.2, 0) is 14.4 Å². The number of rotatable bonds is 4. The molecule has 96 valence electrons. The first kappa shape index (κ1) is 17.3. The highest BCUT2D eigenvalue weighted by molar-refractivity contribution is 5.66. The predicted molar refractivity (Wildman–Crippen MR) is 62.0 cm³/mol. The van der Waals surface area contributed by atoms with Gasteiger partial charge >= 0.3 is 6.09 Å². The Morgan fingerprint density at radius 1 is 1.31 bits per heavy atom. The first-order valence-electron chi connectivity index (χ1n) is 5.40. The quantitative estimate of drug-likeness (QED) is 0.425. The van der Waals surface area contributed by atoms with E-state index in [1.807, 2.05) is 13.8 Å². The highest BCUT2D eigenvalue weighted by Crippen LogP contribution is 2.09. The van der Waals surface area contributed by atoms with Crippen molar-refractivity contribution >= 4 is 12.4 Å². The lowest BCUT2D eigenvalue weighted by Gasteiger charge is -2.23. The maximum atomic E-state index is 11.2. The Morgan fingerprint density at radius 2 is 1.81 bits per heavy atom. The molecule has 5 nitrogen and oxygen atoms in total. The van der Waals surface area contributed by atoms with E-state index in [1.165, 1.54) is 7.05 Å². The van der Waals surface area contributed by atoms with Crippen LogP contribution in [-0.4, -0.2) is 36.7 Å². The Labute approximate surface area is 97.7 Å². The molecule has 0 aliphatic heterocycles. The number of nitrogens with zero attached hydrogens (tertiary/aromatic N) is 1. The van der Waals surface area contributed by atoms with Crippen LogP contribution in [0.2, 0.25) is 0 Å². The number of carbonyl (C=O) groups excluding carboxylic acids is 2. The third-order valence-electron chi connectivity index (χ3n) is 1.17. The molecule has 0 aliphatic rings.